The van der Waals surface area contributed by atoms with Crippen molar-refractivity contribution in [3.05, 3.63) is 0 Å². The lowest BCUT2D eigenvalue weighted by atomic mass is 10.4. The fourth-order valence-electron chi connectivity index (χ4n) is 0.664. The number of nitrogens with one attached hydrogen (secondary N) is 1. The number of hydroxylamine groups is 2. The largest absolute Gasteiger partial charge is 0.341 e. The number of urea groups is 1. The number of hydrogen-bond donors (Lipinski definition) is 3. The molecule has 2 amide bonds. The van der Waals surface area contributed by atoms with Crippen LogP contribution in [0, 0.1) is 0 Å². The van der Waals surface area contributed by atoms with Crippen molar-refractivity contribution in [3.63, 3.8) is 0 Å². The lowest BCUT2D eigenvalue weighted by molar-refractivity contribution is -0.0439. The zero-order chi connectivity index (χ0) is 9.56. The van der Waals surface area contributed by atoms with E-state index in [4.69, 9.17) is 10.9 Å². The fraction of sp³-hybridized carbons (Fsp3) is 0.857. The fourth-order valence-corrected chi connectivity index (χ4v) is 0.664. The summed E-state index contributed by atoms with van der Waals surface area (Å²) in [4.78, 5) is 11.0. The smallest absolute Gasteiger partial charge is 0.334 e. The average Bonchev–Trinajstić information content (AvgIpc) is 1.98. The molecule has 0 spiro atoms. The molecule has 0 aromatic carbocycles. The summed E-state index contributed by atoms with van der Waals surface area (Å²) in [5.74, 6) is 0. The molecule has 0 aliphatic carbocycles. The monoisotopic (exact) mass is 175 g/mol. The van der Waals surface area contributed by atoms with Crippen LogP contribution in [-0.2, 0) is 0 Å². The molecule has 0 radical (unpaired) electrons. The first-order valence-electron chi connectivity index (χ1n) is 4.05. The maximum Gasteiger partial charge on any atom is 0.341 e. The van der Waals surface area contributed by atoms with Gasteiger partial charge in [-0.1, -0.05) is 0 Å². The summed E-state index contributed by atoms with van der Waals surface area (Å²) in [6, 6.07) is -0.441. The molecule has 0 rings (SSSR count). The van der Waals surface area contributed by atoms with Crippen molar-refractivity contribution >= 4 is 6.03 Å². The standard InChI is InChI=1S/C7H17N3O2/c1-6(2)9-7(11)10(12)5-3-4-8/h6,12H,3-5,8H2,1-2H3,(H,9,11). The van der Waals surface area contributed by atoms with E-state index >= 15 is 0 Å². The minimum atomic E-state index is -0.474. The van der Waals surface area contributed by atoms with Gasteiger partial charge in [0, 0.05) is 6.04 Å². The Balaban J connectivity index is 3.61. The molecule has 0 bridgehead atoms. The zero-order valence-electron chi connectivity index (χ0n) is 7.58. The highest BCUT2D eigenvalue weighted by Gasteiger charge is 2.09. The van der Waals surface area contributed by atoms with Gasteiger partial charge in [-0.05, 0) is 26.8 Å². The molecule has 72 valence electrons. The van der Waals surface area contributed by atoms with Gasteiger partial charge in [0.05, 0.1) is 6.54 Å². The maximum atomic E-state index is 11.0. The van der Waals surface area contributed by atoms with E-state index in [1.165, 1.54) is 0 Å². The van der Waals surface area contributed by atoms with E-state index < -0.39 is 6.03 Å². The summed E-state index contributed by atoms with van der Waals surface area (Å²) >= 11 is 0. The Hall–Kier alpha value is -0.810. The molecule has 0 atom stereocenters. The van der Waals surface area contributed by atoms with Crippen molar-refractivity contribution in [3.8, 4) is 0 Å². The lowest BCUT2D eigenvalue weighted by Crippen LogP contribution is -2.41. The number of hydrogen-bond acceptors (Lipinski definition) is 3. The Labute approximate surface area is 72.5 Å². The van der Waals surface area contributed by atoms with Gasteiger partial charge in [-0.2, -0.15) is 0 Å². The summed E-state index contributed by atoms with van der Waals surface area (Å²) in [5, 5.41) is 12.3. The number of rotatable bonds is 4. The van der Waals surface area contributed by atoms with Gasteiger partial charge >= 0.3 is 6.03 Å². The molecule has 0 heterocycles. The van der Waals surface area contributed by atoms with Crippen molar-refractivity contribution in [1.82, 2.24) is 10.4 Å². The van der Waals surface area contributed by atoms with E-state index in [0.29, 0.717) is 18.0 Å². The van der Waals surface area contributed by atoms with Gasteiger partial charge < -0.3 is 11.1 Å². The molecule has 0 aromatic rings. The van der Waals surface area contributed by atoms with E-state index in [9.17, 15) is 4.79 Å². The van der Waals surface area contributed by atoms with E-state index in [2.05, 4.69) is 5.32 Å². The van der Waals surface area contributed by atoms with E-state index in [-0.39, 0.29) is 12.6 Å². The first-order valence-corrected chi connectivity index (χ1v) is 4.05. The Kier molecular flexibility index (Phi) is 5.40. The third kappa shape index (κ3) is 4.92. The van der Waals surface area contributed by atoms with Gasteiger partial charge in [0.15, 0.2) is 0 Å². The second kappa shape index (κ2) is 5.79. The van der Waals surface area contributed by atoms with Crippen LogP contribution in [0.2, 0.25) is 0 Å². The summed E-state index contributed by atoms with van der Waals surface area (Å²) < 4.78 is 0. The summed E-state index contributed by atoms with van der Waals surface area (Å²) in [7, 11) is 0. The van der Waals surface area contributed by atoms with E-state index in [0.717, 1.165) is 0 Å². The topological polar surface area (TPSA) is 78.6 Å². The Morgan fingerprint density at radius 1 is 1.67 bits per heavy atom. The zero-order valence-corrected chi connectivity index (χ0v) is 7.58. The molecule has 0 aliphatic heterocycles. The minimum Gasteiger partial charge on any atom is -0.334 e. The van der Waals surface area contributed by atoms with Gasteiger partial charge in [0.1, 0.15) is 0 Å². The normalized spacial score (nSPS) is 10.1. The summed E-state index contributed by atoms with van der Waals surface area (Å²) in [6.07, 6.45) is 0.599. The van der Waals surface area contributed by atoms with Gasteiger partial charge in [-0.25, -0.2) is 9.86 Å². The summed E-state index contributed by atoms with van der Waals surface area (Å²) in [5.41, 5.74) is 5.21. The number of carbonyl (C=O) groups excluding carboxylic acids is 1. The SMILES string of the molecule is CC(C)NC(=O)N(O)CCCN. The first kappa shape index (κ1) is 11.2. The molecular formula is C7H17N3O2. The lowest BCUT2D eigenvalue weighted by Gasteiger charge is -2.16. The van der Waals surface area contributed by atoms with Crippen LogP contribution >= 0.6 is 0 Å². The van der Waals surface area contributed by atoms with Crippen LogP contribution in [0.1, 0.15) is 20.3 Å². The molecule has 5 nitrogen and oxygen atoms in total. The Morgan fingerprint density at radius 3 is 2.67 bits per heavy atom. The quantitative estimate of drug-likeness (QED) is 0.420. The molecule has 0 fully saturated rings. The number of amides is 2. The number of carbonyl (C=O) groups is 1. The minimum absolute atomic E-state index is 0.0324. The van der Waals surface area contributed by atoms with Crippen LogP contribution in [0.25, 0.3) is 0 Å². The van der Waals surface area contributed by atoms with Gasteiger partial charge in [-0.3, -0.25) is 5.21 Å². The number of nitrogens with zero attached hydrogens (tertiary/aromatic N) is 1. The second-order valence-corrected chi connectivity index (χ2v) is 2.87. The van der Waals surface area contributed by atoms with Gasteiger partial charge in [0.2, 0.25) is 0 Å². The highest BCUT2D eigenvalue weighted by Crippen LogP contribution is 1.88. The van der Waals surface area contributed by atoms with Crippen molar-refractivity contribution in [2.75, 3.05) is 13.1 Å². The molecule has 5 heteroatoms. The maximum absolute atomic E-state index is 11.0. The van der Waals surface area contributed by atoms with Crippen molar-refractivity contribution in [2.45, 2.75) is 26.3 Å². The van der Waals surface area contributed by atoms with Crippen LogP contribution in [0.5, 0.6) is 0 Å². The molecule has 12 heavy (non-hydrogen) atoms. The molecular weight excluding hydrogens is 158 g/mol. The molecule has 0 aromatic heterocycles. The van der Waals surface area contributed by atoms with Gasteiger partial charge in [-0.15, -0.1) is 0 Å². The van der Waals surface area contributed by atoms with Crippen molar-refractivity contribution in [2.24, 2.45) is 5.73 Å². The van der Waals surface area contributed by atoms with Crippen LogP contribution in [0.15, 0.2) is 0 Å². The predicted molar refractivity (Wildman–Crippen MR) is 45.8 cm³/mol. The molecule has 0 aliphatic rings. The molecule has 0 saturated heterocycles. The Bertz CT molecular complexity index is 139. The van der Waals surface area contributed by atoms with Crippen molar-refractivity contribution < 1.29 is 10.0 Å². The first-order chi connectivity index (χ1) is 5.57. The average molecular weight is 175 g/mol. The van der Waals surface area contributed by atoms with Crippen LogP contribution < -0.4 is 11.1 Å². The third-order valence-electron chi connectivity index (χ3n) is 1.22. The van der Waals surface area contributed by atoms with Crippen LogP contribution in [0.4, 0.5) is 4.79 Å². The predicted octanol–water partition coefficient (Wildman–Crippen LogP) is 0.144. The van der Waals surface area contributed by atoms with Crippen LogP contribution in [0.3, 0.4) is 0 Å². The molecule has 0 unspecified atom stereocenters. The van der Waals surface area contributed by atoms with E-state index in [1.807, 2.05) is 13.8 Å². The Morgan fingerprint density at radius 2 is 2.25 bits per heavy atom. The van der Waals surface area contributed by atoms with E-state index in [1.54, 1.807) is 0 Å². The number of nitrogens with two attached hydrogens (primary N) is 1. The van der Waals surface area contributed by atoms with Gasteiger partial charge in [0.25, 0.3) is 0 Å². The van der Waals surface area contributed by atoms with Crippen LogP contribution in [-0.4, -0.2) is 35.4 Å². The highest BCUT2D eigenvalue weighted by atomic mass is 16.5. The molecule has 0 saturated carbocycles. The summed E-state index contributed by atoms with van der Waals surface area (Å²) in [6.45, 7) is 4.39. The highest BCUT2D eigenvalue weighted by molar-refractivity contribution is 5.73. The second-order valence-electron chi connectivity index (χ2n) is 2.87. The van der Waals surface area contributed by atoms with Crippen molar-refractivity contribution in [1.29, 1.82) is 0 Å². The molecule has 4 N–H and O–H groups in total. The third-order valence-corrected chi connectivity index (χ3v) is 1.22.